The van der Waals surface area contributed by atoms with Crippen LogP contribution in [0, 0.1) is 11.3 Å². The zero-order valence-electron chi connectivity index (χ0n) is 10.7. The Morgan fingerprint density at radius 2 is 2.26 bits per heavy atom. The van der Waals surface area contributed by atoms with E-state index >= 15 is 0 Å². The topological polar surface area (TPSA) is 53.6 Å². The third-order valence-corrected chi connectivity index (χ3v) is 3.33. The number of halogens is 1. The fourth-order valence-electron chi connectivity index (χ4n) is 1.85. The second-order valence-electron chi connectivity index (χ2n) is 4.29. The molecule has 0 spiro atoms. The van der Waals surface area contributed by atoms with E-state index in [-0.39, 0.29) is 0 Å². The first-order valence-corrected chi connectivity index (χ1v) is 6.44. The molecule has 0 fully saturated rings. The van der Waals surface area contributed by atoms with E-state index in [0.29, 0.717) is 17.1 Å². The molecule has 19 heavy (non-hydrogen) atoms. The number of hydrogen-bond acceptors (Lipinski definition) is 3. The maximum absolute atomic E-state index is 8.77. The summed E-state index contributed by atoms with van der Waals surface area (Å²) < 4.78 is 1.87. The van der Waals surface area contributed by atoms with Gasteiger partial charge in [0, 0.05) is 43.5 Å². The summed E-state index contributed by atoms with van der Waals surface area (Å²) in [5.74, 6) is 0. The van der Waals surface area contributed by atoms with Crippen molar-refractivity contribution in [1.82, 2.24) is 15.1 Å². The van der Waals surface area contributed by atoms with E-state index in [1.165, 1.54) is 5.69 Å². The van der Waals surface area contributed by atoms with Gasteiger partial charge in [0.2, 0.25) is 0 Å². The zero-order chi connectivity index (χ0) is 13.7. The minimum absolute atomic E-state index is 0.587. The van der Waals surface area contributed by atoms with Gasteiger partial charge in [-0.3, -0.25) is 4.68 Å². The standard InChI is InChI=1S/C14H15ClN4/c1-19-13(5-7-18-19)4-6-17-10-12-3-2-11(9-16)8-14(12)15/h2-3,5,7-8,17H,4,6,10H2,1H3. The smallest absolute Gasteiger partial charge is 0.0992 e. The number of aryl methyl sites for hydroxylation is 1. The SMILES string of the molecule is Cn1nccc1CCNCc1ccc(C#N)cc1Cl. The number of nitrogens with one attached hydrogen (secondary N) is 1. The molecule has 1 N–H and O–H groups in total. The van der Waals surface area contributed by atoms with Crippen LogP contribution in [0.5, 0.6) is 0 Å². The maximum atomic E-state index is 8.77. The highest BCUT2D eigenvalue weighted by Gasteiger charge is 2.02. The third-order valence-electron chi connectivity index (χ3n) is 2.98. The van der Waals surface area contributed by atoms with Crippen molar-refractivity contribution >= 4 is 11.6 Å². The number of rotatable bonds is 5. The molecule has 5 heteroatoms. The minimum atomic E-state index is 0.587. The van der Waals surface area contributed by atoms with Crippen molar-refractivity contribution in [3.8, 4) is 6.07 Å². The fourth-order valence-corrected chi connectivity index (χ4v) is 2.09. The highest BCUT2D eigenvalue weighted by Crippen LogP contribution is 2.17. The van der Waals surface area contributed by atoms with Crippen LogP contribution in [0.25, 0.3) is 0 Å². The third kappa shape index (κ3) is 3.57. The summed E-state index contributed by atoms with van der Waals surface area (Å²) >= 11 is 6.11. The summed E-state index contributed by atoms with van der Waals surface area (Å²) in [4.78, 5) is 0. The van der Waals surface area contributed by atoms with Crippen molar-refractivity contribution in [2.24, 2.45) is 7.05 Å². The van der Waals surface area contributed by atoms with Crippen LogP contribution in [0.2, 0.25) is 5.02 Å². The number of nitrogens with zero attached hydrogens (tertiary/aromatic N) is 3. The lowest BCUT2D eigenvalue weighted by atomic mass is 10.1. The van der Waals surface area contributed by atoms with Crippen LogP contribution >= 0.6 is 11.6 Å². The maximum Gasteiger partial charge on any atom is 0.0992 e. The summed E-state index contributed by atoms with van der Waals surface area (Å²) in [5, 5.41) is 16.9. The van der Waals surface area contributed by atoms with Gasteiger partial charge >= 0.3 is 0 Å². The van der Waals surface area contributed by atoms with Crippen molar-refractivity contribution in [3.05, 3.63) is 52.3 Å². The molecule has 0 aliphatic carbocycles. The molecular formula is C14H15ClN4. The first-order chi connectivity index (χ1) is 9.20. The first-order valence-electron chi connectivity index (χ1n) is 6.07. The second kappa shape index (κ2) is 6.37. The van der Waals surface area contributed by atoms with Crippen molar-refractivity contribution in [1.29, 1.82) is 5.26 Å². The Bertz CT molecular complexity index is 598. The molecule has 0 aliphatic heterocycles. The van der Waals surface area contributed by atoms with Crippen LogP contribution in [-0.2, 0) is 20.0 Å². The summed E-state index contributed by atoms with van der Waals surface area (Å²) in [5.41, 5.74) is 2.78. The van der Waals surface area contributed by atoms with E-state index in [2.05, 4.69) is 16.5 Å². The van der Waals surface area contributed by atoms with Gasteiger partial charge in [-0.25, -0.2) is 0 Å². The second-order valence-corrected chi connectivity index (χ2v) is 4.70. The van der Waals surface area contributed by atoms with Crippen molar-refractivity contribution in [3.63, 3.8) is 0 Å². The van der Waals surface area contributed by atoms with Gasteiger partial charge in [0.25, 0.3) is 0 Å². The highest BCUT2D eigenvalue weighted by atomic mass is 35.5. The van der Waals surface area contributed by atoms with Crippen molar-refractivity contribution in [2.75, 3.05) is 6.54 Å². The average molecular weight is 275 g/mol. The normalized spacial score (nSPS) is 10.4. The van der Waals surface area contributed by atoms with Gasteiger partial charge in [-0.15, -0.1) is 0 Å². The Labute approximate surface area is 117 Å². The molecule has 1 aromatic heterocycles. The molecule has 2 rings (SSSR count). The molecule has 0 unspecified atom stereocenters. The Morgan fingerprint density at radius 1 is 1.42 bits per heavy atom. The van der Waals surface area contributed by atoms with Crippen LogP contribution in [0.15, 0.2) is 30.5 Å². The molecule has 98 valence electrons. The Hall–Kier alpha value is -1.83. The van der Waals surface area contributed by atoms with Gasteiger partial charge in [0.1, 0.15) is 0 Å². The predicted octanol–water partition coefficient (Wildman–Crippen LogP) is 2.28. The Kier molecular flexibility index (Phi) is 4.56. The van der Waals surface area contributed by atoms with Crippen LogP contribution in [0.1, 0.15) is 16.8 Å². The average Bonchev–Trinajstić information content (AvgIpc) is 2.81. The Morgan fingerprint density at radius 3 is 2.89 bits per heavy atom. The van der Waals surface area contributed by atoms with Crippen molar-refractivity contribution in [2.45, 2.75) is 13.0 Å². The lowest BCUT2D eigenvalue weighted by Crippen LogP contribution is -2.18. The minimum Gasteiger partial charge on any atom is -0.312 e. The Balaban J connectivity index is 1.83. The van der Waals surface area contributed by atoms with E-state index in [1.807, 2.05) is 23.9 Å². The van der Waals surface area contributed by atoms with Gasteiger partial charge in [-0.1, -0.05) is 17.7 Å². The molecule has 0 atom stereocenters. The monoisotopic (exact) mass is 274 g/mol. The molecule has 2 aromatic rings. The van der Waals surface area contributed by atoms with E-state index in [0.717, 1.165) is 18.5 Å². The van der Waals surface area contributed by atoms with Crippen molar-refractivity contribution < 1.29 is 0 Å². The van der Waals surface area contributed by atoms with E-state index in [9.17, 15) is 0 Å². The highest BCUT2D eigenvalue weighted by molar-refractivity contribution is 6.31. The lowest BCUT2D eigenvalue weighted by Gasteiger charge is -2.07. The molecule has 1 heterocycles. The van der Waals surface area contributed by atoms with Gasteiger partial charge in [-0.05, 0) is 23.8 Å². The van der Waals surface area contributed by atoms with Gasteiger partial charge in [0.05, 0.1) is 11.6 Å². The van der Waals surface area contributed by atoms with Gasteiger partial charge < -0.3 is 5.32 Å². The summed E-state index contributed by atoms with van der Waals surface area (Å²) in [7, 11) is 1.94. The number of aromatic nitrogens is 2. The van der Waals surface area contributed by atoms with Crippen LogP contribution in [0.3, 0.4) is 0 Å². The van der Waals surface area contributed by atoms with Crippen LogP contribution < -0.4 is 5.32 Å². The zero-order valence-corrected chi connectivity index (χ0v) is 11.5. The molecule has 0 saturated carbocycles. The molecule has 0 amide bonds. The summed E-state index contributed by atoms with van der Waals surface area (Å²) in [6.07, 6.45) is 2.72. The lowest BCUT2D eigenvalue weighted by molar-refractivity contribution is 0.643. The molecule has 4 nitrogen and oxygen atoms in total. The van der Waals surface area contributed by atoms with Crippen LogP contribution in [-0.4, -0.2) is 16.3 Å². The number of nitriles is 1. The van der Waals surface area contributed by atoms with Gasteiger partial charge in [-0.2, -0.15) is 10.4 Å². The van der Waals surface area contributed by atoms with E-state index < -0.39 is 0 Å². The molecular weight excluding hydrogens is 260 g/mol. The largest absolute Gasteiger partial charge is 0.312 e. The van der Waals surface area contributed by atoms with Crippen LogP contribution in [0.4, 0.5) is 0 Å². The summed E-state index contributed by atoms with van der Waals surface area (Å²) in [6, 6.07) is 9.45. The first kappa shape index (κ1) is 13.6. The molecule has 0 radical (unpaired) electrons. The number of hydrogen-bond donors (Lipinski definition) is 1. The predicted molar refractivity (Wildman–Crippen MR) is 74.8 cm³/mol. The van der Waals surface area contributed by atoms with E-state index in [1.54, 1.807) is 18.3 Å². The summed E-state index contributed by atoms with van der Waals surface area (Å²) in [6.45, 7) is 1.55. The number of benzene rings is 1. The van der Waals surface area contributed by atoms with E-state index in [4.69, 9.17) is 16.9 Å². The van der Waals surface area contributed by atoms with Gasteiger partial charge in [0.15, 0.2) is 0 Å². The molecule has 0 saturated heterocycles. The fraction of sp³-hybridized carbons (Fsp3) is 0.286. The molecule has 0 bridgehead atoms. The molecule has 1 aromatic carbocycles. The molecule has 0 aliphatic rings. The quantitative estimate of drug-likeness (QED) is 0.851.